The molecule has 0 radical (unpaired) electrons. The molecule has 0 bridgehead atoms. The molecule has 1 saturated heterocycles. The molecule has 0 amide bonds. The Morgan fingerprint density at radius 1 is 1.23 bits per heavy atom. The lowest BCUT2D eigenvalue weighted by atomic mass is 10.1. The molecule has 3 heterocycles. The van der Waals surface area contributed by atoms with Crippen molar-refractivity contribution in [1.29, 1.82) is 0 Å². The molecule has 3 aromatic rings. The number of aryl methyl sites for hydroxylation is 1. The van der Waals surface area contributed by atoms with Gasteiger partial charge < -0.3 is 14.1 Å². The number of hydrogen-bond donors (Lipinski definition) is 0. The van der Waals surface area contributed by atoms with Crippen LogP contribution < -0.4 is 4.74 Å². The van der Waals surface area contributed by atoms with Crippen molar-refractivity contribution in [2.75, 3.05) is 45.6 Å². The van der Waals surface area contributed by atoms with Crippen molar-refractivity contribution in [3.8, 4) is 16.5 Å². The predicted octanol–water partition coefficient (Wildman–Crippen LogP) is 4.89. The molecule has 1 aliphatic heterocycles. The normalized spacial score (nSPS) is 14.7. The summed E-state index contributed by atoms with van der Waals surface area (Å²) in [6.07, 6.45) is 3.12. The number of ether oxygens (including phenoxy) is 1. The van der Waals surface area contributed by atoms with Gasteiger partial charge in [0, 0.05) is 67.2 Å². The summed E-state index contributed by atoms with van der Waals surface area (Å²) in [7, 11) is 0. The van der Waals surface area contributed by atoms with Crippen molar-refractivity contribution >= 4 is 28.8 Å². The van der Waals surface area contributed by atoms with E-state index in [-0.39, 0.29) is 0 Å². The van der Waals surface area contributed by atoms with E-state index in [1.54, 1.807) is 30.0 Å². The lowest BCUT2D eigenvalue weighted by Crippen LogP contribution is -2.45. The van der Waals surface area contributed by atoms with E-state index in [9.17, 15) is 0 Å². The van der Waals surface area contributed by atoms with E-state index in [0.29, 0.717) is 18.4 Å². The number of benzene rings is 1. The lowest BCUT2D eigenvalue weighted by Gasteiger charge is -2.37. The highest BCUT2D eigenvalue weighted by Gasteiger charge is 2.19. The van der Waals surface area contributed by atoms with E-state index in [1.165, 1.54) is 10.5 Å². The Kier molecular flexibility index (Phi) is 7.32. The molecule has 0 unspecified atom stereocenters. The molecule has 31 heavy (non-hydrogen) atoms. The minimum Gasteiger partial charge on any atom is -0.484 e. The monoisotopic (exact) mass is 456 g/mol. The third-order valence-electron chi connectivity index (χ3n) is 5.38. The van der Waals surface area contributed by atoms with Crippen molar-refractivity contribution < 1.29 is 9.15 Å². The van der Waals surface area contributed by atoms with Crippen molar-refractivity contribution in [3.63, 3.8) is 0 Å². The fourth-order valence-corrected chi connectivity index (χ4v) is 5.05. The zero-order valence-corrected chi connectivity index (χ0v) is 19.7. The molecular weight excluding hydrogens is 428 g/mol. The smallest absolute Gasteiger partial charge is 0.248 e. The first kappa shape index (κ1) is 21.9. The van der Waals surface area contributed by atoms with E-state index in [0.717, 1.165) is 55.5 Å². The van der Waals surface area contributed by atoms with Crippen LogP contribution in [0.5, 0.6) is 5.06 Å². The summed E-state index contributed by atoms with van der Waals surface area (Å²) >= 11 is 3.34. The molecule has 4 rings (SSSR count). The molecule has 164 valence electrons. The third kappa shape index (κ3) is 5.50. The maximum absolute atomic E-state index is 5.92. The second-order valence-electron chi connectivity index (χ2n) is 7.46. The summed E-state index contributed by atoms with van der Waals surface area (Å²) in [6, 6.07) is 10.5. The number of nitrogens with zero attached hydrogens (tertiary/aromatic N) is 4. The Balaban J connectivity index is 1.18. The highest BCUT2D eigenvalue weighted by Crippen LogP contribution is 2.30. The standard InChI is InChI=1S/C23H28N4O2S2/c1-17(20-7-4-5-8-21(20)30-3)27-12-10-26(11-13-27)9-6-14-28-22-15-19(16-31-22)23-25-24-18(2)29-23/h4-5,7-8,15-16H,1,6,9-14H2,2-3H3. The van der Waals surface area contributed by atoms with Gasteiger partial charge in [-0.25, -0.2) is 0 Å². The topological polar surface area (TPSA) is 54.6 Å². The molecule has 0 saturated carbocycles. The molecule has 1 aliphatic rings. The minimum absolute atomic E-state index is 0.545. The average Bonchev–Trinajstić information content (AvgIpc) is 3.45. The van der Waals surface area contributed by atoms with Gasteiger partial charge in [-0.1, -0.05) is 24.8 Å². The van der Waals surface area contributed by atoms with Gasteiger partial charge in [-0.15, -0.1) is 33.3 Å². The Morgan fingerprint density at radius 3 is 2.77 bits per heavy atom. The SMILES string of the molecule is C=C(c1ccccc1SC)N1CCN(CCCOc2cc(-c3nnc(C)o3)cs2)CC1. The van der Waals surface area contributed by atoms with Crippen LogP contribution in [0, 0.1) is 6.92 Å². The fraction of sp³-hybridized carbons (Fsp3) is 0.391. The molecule has 0 atom stereocenters. The van der Waals surface area contributed by atoms with Gasteiger partial charge in [-0.05, 0) is 18.7 Å². The van der Waals surface area contributed by atoms with E-state index in [4.69, 9.17) is 9.15 Å². The maximum atomic E-state index is 5.92. The fourth-order valence-electron chi connectivity index (χ4n) is 3.67. The van der Waals surface area contributed by atoms with Crippen LogP contribution >= 0.6 is 23.1 Å². The Labute approximate surface area is 191 Å². The average molecular weight is 457 g/mol. The van der Waals surface area contributed by atoms with Crippen LogP contribution in [-0.4, -0.2) is 65.6 Å². The third-order valence-corrected chi connectivity index (χ3v) is 7.02. The largest absolute Gasteiger partial charge is 0.484 e. The maximum Gasteiger partial charge on any atom is 0.248 e. The molecule has 6 nitrogen and oxygen atoms in total. The molecule has 1 aromatic carbocycles. The van der Waals surface area contributed by atoms with E-state index in [2.05, 4.69) is 57.1 Å². The van der Waals surface area contributed by atoms with E-state index < -0.39 is 0 Å². The minimum atomic E-state index is 0.545. The van der Waals surface area contributed by atoms with Crippen molar-refractivity contribution in [2.45, 2.75) is 18.2 Å². The predicted molar refractivity (Wildman–Crippen MR) is 128 cm³/mol. The molecule has 0 spiro atoms. The van der Waals surface area contributed by atoms with Crippen molar-refractivity contribution in [1.82, 2.24) is 20.0 Å². The van der Waals surface area contributed by atoms with E-state index in [1.807, 2.05) is 11.4 Å². The number of piperazine rings is 1. The number of rotatable bonds is 9. The zero-order valence-electron chi connectivity index (χ0n) is 18.0. The first-order chi connectivity index (χ1) is 15.1. The van der Waals surface area contributed by atoms with Gasteiger partial charge >= 0.3 is 0 Å². The quantitative estimate of drug-likeness (QED) is 0.336. The molecule has 8 heteroatoms. The first-order valence-corrected chi connectivity index (χ1v) is 12.6. The molecule has 2 aromatic heterocycles. The Bertz CT molecular complexity index is 1010. The Hall–Kier alpha value is -2.29. The van der Waals surface area contributed by atoms with Gasteiger partial charge in [0.25, 0.3) is 0 Å². The van der Waals surface area contributed by atoms with Gasteiger partial charge in [0.15, 0.2) is 5.06 Å². The van der Waals surface area contributed by atoms with Gasteiger partial charge in [0.05, 0.1) is 12.2 Å². The summed E-state index contributed by atoms with van der Waals surface area (Å²) in [6.45, 7) is 12.1. The van der Waals surface area contributed by atoms with Gasteiger partial charge in [-0.2, -0.15) is 0 Å². The van der Waals surface area contributed by atoms with Gasteiger partial charge in [0.2, 0.25) is 11.8 Å². The summed E-state index contributed by atoms with van der Waals surface area (Å²) in [5.41, 5.74) is 3.31. The van der Waals surface area contributed by atoms with Crippen LogP contribution in [-0.2, 0) is 0 Å². The Morgan fingerprint density at radius 2 is 2.03 bits per heavy atom. The van der Waals surface area contributed by atoms with Crippen molar-refractivity contribution in [2.24, 2.45) is 0 Å². The van der Waals surface area contributed by atoms with Crippen molar-refractivity contribution in [3.05, 3.63) is 53.7 Å². The summed E-state index contributed by atoms with van der Waals surface area (Å²) < 4.78 is 11.4. The van der Waals surface area contributed by atoms with Crippen LogP contribution in [0.4, 0.5) is 0 Å². The van der Waals surface area contributed by atoms with Crippen LogP contribution in [0.25, 0.3) is 17.2 Å². The highest BCUT2D eigenvalue weighted by atomic mass is 32.2. The molecule has 0 N–H and O–H groups in total. The second kappa shape index (κ2) is 10.3. The molecule has 0 aliphatic carbocycles. The zero-order chi connectivity index (χ0) is 21.6. The highest BCUT2D eigenvalue weighted by molar-refractivity contribution is 7.98. The molecular formula is C23H28N4O2S2. The number of hydrogen-bond acceptors (Lipinski definition) is 8. The van der Waals surface area contributed by atoms with Crippen LogP contribution in [0.1, 0.15) is 17.9 Å². The second-order valence-corrected chi connectivity index (χ2v) is 9.18. The number of thioether (sulfide) groups is 1. The summed E-state index contributed by atoms with van der Waals surface area (Å²) in [5.74, 6) is 1.11. The van der Waals surface area contributed by atoms with Crippen LogP contribution in [0.2, 0.25) is 0 Å². The van der Waals surface area contributed by atoms with E-state index >= 15 is 0 Å². The number of thiophene rings is 1. The summed E-state index contributed by atoms with van der Waals surface area (Å²) in [5, 5.41) is 10.8. The van der Waals surface area contributed by atoms with Gasteiger partial charge in [0.1, 0.15) is 0 Å². The lowest BCUT2D eigenvalue weighted by molar-refractivity contribution is 0.164. The molecule has 1 fully saturated rings. The van der Waals surface area contributed by atoms with Crippen LogP contribution in [0.15, 0.2) is 51.6 Å². The summed E-state index contributed by atoms with van der Waals surface area (Å²) in [4.78, 5) is 6.21. The van der Waals surface area contributed by atoms with Gasteiger partial charge in [-0.3, -0.25) is 4.90 Å². The van der Waals surface area contributed by atoms with Crippen LogP contribution in [0.3, 0.4) is 0 Å². The first-order valence-electron chi connectivity index (χ1n) is 10.5. The number of aromatic nitrogens is 2.